The number of hydrogen-bond acceptors (Lipinski definition) is 1. The quantitative estimate of drug-likeness (QED) is 0.695. The van der Waals surface area contributed by atoms with Gasteiger partial charge in [0.1, 0.15) is 5.82 Å². The van der Waals surface area contributed by atoms with E-state index in [0.717, 1.165) is 16.5 Å². The molecule has 0 unspecified atom stereocenters. The van der Waals surface area contributed by atoms with Gasteiger partial charge in [-0.25, -0.2) is 4.39 Å². The maximum Gasteiger partial charge on any atom is 0.195 e. The number of hydrogen-bond donors (Lipinski definition) is 1. The number of aromatic amines is 1. The first kappa shape index (κ1) is 12.6. The Balaban J connectivity index is 2.15. The van der Waals surface area contributed by atoms with Crippen LogP contribution in [0.4, 0.5) is 4.39 Å². The Morgan fingerprint density at radius 1 is 1.10 bits per heavy atom. The summed E-state index contributed by atoms with van der Waals surface area (Å²) in [6, 6.07) is 10.3. The van der Waals surface area contributed by atoms with Crippen molar-refractivity contribution in [3.63, 3.8) is 0 Å². The lowest BCUT2D eigenvalue weighted by atomic mass is 9.99. The molecule has 3 aromatic rings. The zero-order chi connectivity index (χ0) is 14.3. The summed E-state index contributed by atoms with van der Waals surface area (Å²) in [5.74, 6) is -0.384. The molecule has 0 aliphatic rings. The van der Waals surface area contributed by atoms with Gasteiger partial charge < -0.3 is 4.98 Å². The van der Waals surface area contributed by atoms with Gasteiger partial charge in [-0.05, 0) is 49.2 Å². The van der Waals surface area contributed by atoms with Crippen LogP contribution in [0.3, 0.4) is 0 Å². The summed E-state index contributed by atoms with van der Waals surface area (Å²) in [5.41, 5.74) is 3.60. The van der Waals surface area contributed by atoms with Gasteiger partial charge in [0, 0.05) is 28.2 Å². The number of nitrogens with one attached hydrogen (secondary N) is 1. The normalized spacial score (nSPS) is 10.9. The molecule has 2 aromatic carbocycles. The molecule has 0 aliphatic carbocycles. The number of H-pyrrole nitrogens is 1. The van der Waals surface area contributed by atoms with Crippen molar-refractivity contribution in [3.05, 3.63) is 70.7 Å². The molecule has 2 nitrogen and oxygen atoms in total. The van der Waals surface area contributed by atoms with Crippen LogP contribution in [0.15, 0.2) is 42.6 Å². The first-order valence-corrected chi connectivity index (χ1v) is 6.45. The minimum atomic E-state index is -0.295. The third-order valence-electron chi connectivity index (χ3n) is 3.58. The van der Waals surface area contributed by atoms with Gasteiger partial charge in [0.2, 0.25) is 0 Å². The van der Waals surface area contributed by atoms with Gasteiger partial charge in [-0.3, -0.25) is 4.79 Å². The fourth-order valence-corrected chi connectivity index (χ4v) is 2.49. The number of benzene rings is 2. The summed E-state index contributed by atoms with van der Waals surface area (Å²) in [7, 11) is 0. The largest absolute Gasteiger partial charge is 0.360 e. The van der Waals surface area contributed by atoms with Crippen LogP contribution in [0.2, 0.25) is 0 Å². The summed E-state index contributed by atoms with van der Waals surface area (Å²) in [4.78, 5) is 15.7. The van der Waals surface area contributed by atoms with E-state index in [4.69, 9.17) is 0 Å². The summed E-state index contributed by atoms with van der Waals surface area (Å²) >= 11 is 0. The van der Waals surface area contributed by atoms with Crippen LogP contribution in [0.25, 0.3) is 10.9 Å². The topological polar surface area (TPSA) is 32.9 Å². The third-order valence-corrected chi connectivity index (χ3v) is 3.58. The Bertz CT molecular complexity index is 817. The fourth-order valence-electron chi connectivity index (χ4n) is 2.49. The van der Waals surface area contributed by atoms with Crippen molar-refractivity contribution in [1.82, 2.24) is 4.98 Å². The number of carbonyl (C=O) groups is 1. The van der Waals surface area contributed by atoms with Crippen molar-refractivity contribution < 1.29 is 9.18 Å². The van der Waals surface area contributed by atoms with E-state index in [2.05, 4.69) is 4.98 Å². The second kappa shape index (κ2) is 4.60. The Morgan fingerprint density at radius 3 is 2.65 bits per heavy atom. The zero-order valence-corrected chi connectivity index (χ0v) is 11.3. The summed E-state index contributed by atoms with van der Waals surface area (Å²) in [6.45, 7) is 3.63. The van der Waals surface area contributed by atoms with E-state index >= 15 is 0 Å². The first-order valence-electron chi connectivity index (χ1n) is 6.45. The van der Waals surface area contributed by atoms with Gasteiger partial charge in [-0.1, -0.05) is 12.1 Å². The van der Waals surface area contributed by atoms with Crippen molar-refractivity contribution in [3.8, 4) is 0 Å². The van der Waals surface area contributed by atoms with Gasteiger partial charge in [0.25, 0.3) is 0 Å². The van der Waals surface area contributed by atoms with Crippen LogP contribution in [-0.4, -0.2) is 10.8 Å². The minimum absolute atomic E-state index is 0.0892. The average molecular weight is 267 g/mol. The molecular weight excluding hydrogens is 253 g/mol. The van der Waals surface area contributed by atoms with Crippen molar-refractivity contribution in [1.29, 1.82) is 0 Å². The van der Waals surface area contributed by atoms with E-state index < -0.39 is 0 Å². The smallest absolute Gasteiger partial charge is 0.195 e. The predicted octanol–water partition coefficient (Wildman–Crippen LogP) is 4.15. The highest BCUT2D eigenvalue weighted by atomic mass is 19.1. The minimum Gasteiger partial charge on any atom is -0.360 e. The third kappa shape index (κ3) is 1.92. The molecule has 1 heterocycles. The van der Waals surface area contributed by atoms with E-state index in [1.807, 2.05) is 25.1 Å². The first-order chi connectivity index (χ1) is 9.58. The SMILES string of the molecule is Cc1cc(C(=O)c2c[nH]c3cccc(C)c23)ccc1F. The molecule has 0 atom stereocenters. The van der Waals surface area contributed by atoms with E-state index in [-0.39, 0.29) is 11.6 Å². The molecule has 1 aromatic heterocycles. The van der Waals surface area contributed by atoms with Gasteiger partial charge in [0.15, 0.2) is 5.78 Å². The molecule has 0 aliphatic heterocycles. The highest BCUT2D eigenvalue weighted by Gasteiger charge is 2.16. The lowest BCUT2D eigenvalue weighted by Gasteiger charge is -2.04. The van der Waals surface area contributed by atoms with Gasteiger partial charge >= 0.3 is 0 Å². The van der Waals surface area contributed by atoms with E-state index in [1.54, 1.807) is 19.2 Å². The summed E-state index contributed by atoms with van der Waals surface area (Å²) in [5, 5.41) is 0.930. The van der Waals surface area contributed by atoms with Crippen molar-refractivity contribution in [2.24, 2.45) is 0 Å². The zero-order valence-electron chi connectivity index (χ0n) is 11.3. The highest BCUT2D eigenvalue weighted by Crippen LogP contribution is 2.24. The van der Waals surface area contributed by atoms with Crippen LogP contribution < -0.4 is 0 Å². The number of rotatable bonds is 2. The monoisotopic (exact) mass is 267 g/mol. The molecule has 0 saturated heterocycles. The van der Waals surface area contributed by atoms with Crippen molar-refractivity contribution in [2.45, 2.75) is 13.8 Å². The lowest BCUT2D eigenvalue weighted by Crippen LogP contribution is -2.02. The highest BCUT2D eigenvalue weighted by molar-refractivity contribution is 6.17. The molecule has 0 spiro atoms. The van der Waals surface area contributed by atoms with Crippen LogP contribution in [0.5, 0.6) is 0 Å². The Labute approximate surface area is 116 Å². The molecular formula is C17H14FNO. The second-order valence-corrected chi connectivity index (χ2v) is 4.99. The van der Waals surface area contributed by atoms with Gasteiger partial charge in [-0.2, -0.15) is 0 Å². The fraction of sp³-hybridized carbons (Fsp3) is 0.118. The number of ketones is 1. The van der Waals surface area contributed by atoms with Crippen LogP contribution in [0.1, 0.15) is 27.0 Å². The molecule has 0 bridgehead atoms. The molecule has 100 valence electrons. The van der Waals surface area contributed by atoms with E-state index in [0.29, 0.717) is 16.7 Å². The number of halogens is 1. The molecule has 1 N–H and O–H groups in total. The Hall–Kier alpha value is -2.42. The lowest BCUT2D eigenvalue weighted by molar-refractivity contribution is 0.104. The Morgan fingerprint density at radius 2 is 1.90 bits per heavy atom. The molecule has 3 heteroatoms. The average Bonchev–Trinajstić information content (AvgIpc) is 2.86. The van der Waals surface area contributed by atoms with E-state index in [1.165, 1.54) is 12.1 Å². The van der Waals surface area contributed by atoms with Crippen LogP contribution in [0, 0.1) is 19.7 Å². The number of fused-ring (bicyclic) bond motifs is 1. The molecule has 20 heavy (non-hydrogen) atoms. The Kier molecular flexibility index (Phi) is 2.90. The predicted molar refractivity (Wildman–Crippen MR) is 77.6 cm³/mol. The maximum absolute atomic E-state index is 13.3. The standard InChI is InChI=1S/C17H14FNO/c1-10-4-3-5-15-16(10)13(9-19-15)17(20)12-6-7-14(18)11(2)8-12/h3-9,19H,1-2H3. The molecule has 0 radical (unpaired) electrons. The number of carbonyl (C=O) groups excluding carboxylic acids is 1. The number of aromatic nitrogens is 1. The molecule has 0 saturated carbocycles. The van der Waals surface area contributed by atoms with Crippen molar-refractivity contribution >= 4 is 16.7 Å². The maximum atomic E-state index is 13.3. The summed E-state index contributed by atoms with van der Waals surface area (Å²) in [6.07, 6.45) is 1.72. The molecule has 3 rings (SSSR count). The second-order valence-electron chi connectivity index (χ2n) is 4.99. The summed E-state index contributed by atoms with van der Waals surface area (Å²) < 4.78 is 13.3. The number of aryl methyl sites for hydroxylation is 2. The molecule has 0 amide bonds. The van der Waals surface area contributed by atoms with Gasteiger partial charge in [-0.15, -0.1) is 0 Å². The van der Waals surface area contributed by atoms with Gasteiger partial charge in [0.05, 0.1) is 0 Å². The van der Waals surface area contributed by atoms with Crippen molar-refractivity contribution in [2.75, 3.05) is 0 Å². The van der Waals surface area contributed by atoms with Crippen LogP contribution in [-0.2, 0) is 0 Å². The molecule has 0 fully saturated rings. The van der Waals surface area contributed by atoms with E-state index in [9.17, 15) is 9.18 Å². The van der Waals surface area contributed by atoms with Crippen LogP contribution >= 0.6 is 0 Å².